The lowest BCUT2D eigenvalue weighted by molar-refractivity contribution is -0.120. The summed E-state index contributed by atoms with van der Waals surface area (Å²) in [6.45, 7) is 6.29. The van der Waals surface area contributed by atoms with Crippen molar-refractivity contribution in [3.63, 3.8) is 0 Å². The van der Waals surface area contributed by atoms with E-state index in [1.807, 2.05) is 0 Å². The summed E-state index contributed by atoms with van der Waals surface area (Å²) in [6.07, 6.45) is -0.220. The zero-order valence-corrected chi connectivity index (χ0v) is 11.4. The van der Waals surface area contributed by atoms with E-state index in [1.165, 1.54) is 11.1 Å². The molecule has 1 aromatic carbocycles. The third kappa shape index (κ3) is 4.11. The highest BCUT2D eigenvalue weighted by molar-refractivity contribution is 5.23. The summed E-state index contributed by atoms with van der Waals surface area (Å²) in [5.41, 5.74) is 2.55. The van der Waals surface area contributed by atoms with Crippen LogP contribution in [0, 0.1) is 6.92 Å². The largest absolute Gasteiger partial charge is 0.354 e. The second-order valence-corrected chi connectivity index (χ2v) is 4.43. The molecule has 0 aliphatic rings. The van der Waals surface area contributed by atoms with Crippen molar-refractivity contribution in [2.45, 2.75) is 39.1 Å². The molecule has 96 valence electrons. The number of hydrogen-bond acceptors (Lipinski definition) is 3. The van der Waals surface area contributed by atoms with Crippen LogP contribution in [0.3, 0.4) is 0 Å². The second-order valence-electron chi connectivity index (χ2n) is 4.43. The van der Waals surface area contributed by atoms with Gasteiger partial charge in [-0.15, -0.1) is 0 Å². The highest BCUT2D eigenvalue weighted by Crippen LogP contribution is 2.15. The van der Waals surface area contributed by atoms with E-state index < -0.39 is 0 Å². The van der Waals surface area contributed by atoms with E-state index in [9.17, 15) is 0 Å². The quantitative estimate of drug-likeness (QED) is 0.772. The van der Waals surface area contributed by atoms with Crippen LogP contribution in [-0.4, -0.2) is 26.6 Å². The minimum atomic E-state index is -0.220. The predicted octanol–water partition coefficient (Wildman–Crippen LogP) is 2.65. The Kier molecular flexibility index (Phi) is 5.62. The molecule has 0 saturated carbocycles. The van der Waals surface area contributed by atoms with Gasteiger partial charge in [0.15, 0.2) is 6.29 Å². The molecule has 0 aliphatic carbocycles. The van der Waals surface area contributed by atoms with Gasteiger partial charge < -0.3 is 14.8 Å². The Morgan fingerprint density at radius 3 is 2.00 bits per heavy atom. The van der Waals surface area contributed by atoms with E-state index in [0.29, 0.717) is 0 Å². The van der Waals surface area contributed by atoms with Crippen LogP contribution in [0.2, 0.25) is 0 Å². The number of rotatable bonds is 6. The Morgan fingerprint density at radius 1 is 1.00 bits per heavy atom. The molecule has 1 N–H and O–H groups in total. The molecule has 3 nitrogen and oxygen atoms in total. The van der Waals surface area contributed by atoms with Crippen LogP contribution in [0.25, 0.3) is 0 Å². The number of hydrogen-bond donors (Lipinski definition) is 1. The number of ether oxygens (including phenoxy) is 2. The molecule has 0 bridgehead atoms. The second kappa shape index (κ2) is 6.74. The van der Waals surface area contributed by atoms with Crippen molar-refractivity contribution in [3.05, 3.63) is 35.4 Å². The van der Waals surface area contributed by atoms with Gasteiger partial charge in [-0.25, -0.2) is 0 Å². The van der Waals surface area contributed by atoms with E-state index >= 15 is 0 Å². The number of aryl methyl sites for hydroxylation is 1. The fourth-order valence-corrected chi connectivity index (χ4v) is 1.93. The first-order chi connectivity index (χ1) is 8.08. The van der Waals surface area contributed by atoms with E-state index in [2.05, 4.69) is 50.4 Å². The maximum absolute atomic E-state index is 5.23. The van der Waals surface area contributed by atoms with Crippen LogP contribution >= 0.6 is 0 Å². The maximum Gasteiger partial charge on any atom is 0.171 e. The molecule has 0 fully saturated rings. The first-order valence-corrected chi connectivity index (χ1v) is 5.96. The minimum absolute atomic E-state index is 0.140. The molecule has 0 spiro atoms. The summed E-state index contributed by atoms with van der Waals surface area (Å²) < 4.78 is 10.5. The molecule has 1 rings (SSSR count). The van der Waals surface area contributed by atoms with Gasteiger partial charge in [0.1, 0.15) is 0 Å². The fourth-order valence-electron chi connectivity index (χ4n) is 1.93. The van der Waals surface area contributed by atoms with Gasteiger partial charge in [0, 0.05) is 20.3 Å². The van der Waals surface area contributed by atoms with Crippen molar-refractivity contribution in [2.24, 2.45) is 0 Å². The van der Waals surface area contributed by atoms with Crippen molar-refractivity contribution in [1.29, 1.82) is 0 Å². The van der Waals surface area contributed by atoms with Gasteiger partial charge in [0.2, 0.25) is 0 Å². The minimum Gasteiger partial charge on any atom is -0.354 e. The molecule has 1 aromatic rings. The monoisotopic (exact) mass is 237 g/mol. The topological polar surface area (TPSA) is 30.5 Å². The van der Waals surface area contributed by atoms with Gasteiger partial charge in [-0.2, -0.15) is 0 Å². The molecule has 0 saturated heterocycles. The Morgan fingerprint density at radius 2 is 1.53 bits per heavy atom. The van der Waals surface area contributed by atoms with Crippen LogP contribution in [0.1, 0.15) is 31.0 Å². The first kappa shape index (κ1) is 14.2. The average Bonchev–Trinajstić information content (AvgIpc) is 2.31. The van der Waals surface area contributed by atoms with Gasteiger partial charge in [-0.3, -0.25) is 0 Å². The lowest BCUT2D eigenvalue weighted by Crippen LogP contribution is -2.40. The van der Waals surface area contributed by atoms with Crippen molar-refractivity contribution in [3.8, 4) is 0 Å². The van der Waals surface area contributed by atoms with Crippen LogP contribution in [0.5, 0.6) is 0 Å². The normalized spacial score (nSPS) is 14.9. The summed E-state index contributed by atoms with van der Waals surface area (Å²) in [5.74, 6) is 0. The van der Waals surface area contributed by atoms with E-state index in [4.69, 9.17) is 9.47 Å². The van der Waals surface area contributed by atoms with Crippen LogP contribution in [-0.2, 0) is 9.47 Å². The molecule has 0 aliphatic heterocycles. The summed E-state index contributed by atoms with van der Waals surface area (Å²) >= 11 is 0. The average molecular weight is 237 g/mol. The highest BCUT2D eigenvalue weighted by Gasteiger charge is 2.18. The third-order valence-corrected chi connectivity index (χ3v) is 2.96. The van der Waals surface area contributed by atoms with E-state index in [1.54, 1.807) is 14.2 Å². The number of benzene rings is 1. The zero-order valence-electron chi connectivity index (χ0n) is 11.4. The third-order valence-electron chi connectivity index (χ3n) is 2.96. The van der Waals surface area contributed by atoms with Gasteiger partial charge in [0.05, 0.1) is 6.04 Å². The SMILES string of the molecule is COC(OC)C(C)N[C@@H](C)c1ccc(C)cc1. The smallest absolute Gasteiger partial charge is 0.171 e. The summed E-state index contributed by atoms with van der Waals surface area (Å²) in [5, 5.41) is 3.47. The lowest BCUT2D eigenvalue weighted by Gasteiger charge is -2.26. The molecule has 0 heterocycles. The molecular weight excluding hydrogens is 214 g/mol. The molecule has 0 amide bonds. The van der Waals surface area contributed by atoms with E-state index in [0.717, 1.165) is 0 Å². The van der Waals surface area contributed by atoms with Gasteiger partial charge in [0.25, 0.3) is 0 Å². The Hall–Kier alpha value is -0.900. The molecule has 0 radical (unpaired) electrons. The van der Waals surface area contributed by atoms with Crippen molar-refractivity contribution in [2.75, 3.05) is 14.2 Å². The molecule has 0 aromatic heterocycles. The van der Waals surface area contributed by atoms with Crippen LogP contribution in [0.4, 0.5) is 0 Å². The van der Waals surface area contributed by atoms with Gasteiger partial charge in [-0.05, 0) is 26.3 Å². The first-order valence-electron chi connectivity index (χ1n) is 5.96. The number of methoxy groups -OCH3 is 2. The van der Waals surface area contributed by atoms with Crippen molar-refractivity contribution >= 4 is 0 Å². The predicted molar refractivity (Wildman–Crippen MR) is 70.0 cm³/mol. The molecule has 2 atom stereocenters. The standard InChI is InChI=1S/C14H23NO2/c1-10-6-8-13(9-7-10)11(2)15-12(3)14(16-4)17-5/h6-9,11-12,14-15H,1-5H3/t11-,12?/m0/s1. The Balaban J connectivity index is 2.59. The van der Waals surface area contributed by atoms with Crippen LogP contribution in [0.15, 0.2) is 24.3 Å². The maximum atomic E-state index is 5.23. The van der Waals surface area contributed by atoms with Gasteiger partial charge in [-0.1, -0.05) is 29.8 Å². The summed E-state index contributed by atoms with van der Waals surface area (Å²) in [7, 11) is 3.31. The van der Waals surface area contributed by atoms with Crippen LogP contribution < -0.4 is 5.32 Å². The van der Waals surface area contributed by atoms with E-state index in [-0.39, 0.29) is 18.4 Å². The number of nitrogens with one attached hydrogen (secondary N) is 1. The lowest BCUT2D eigenvalue weighted by atomic mass is 10.1. The highest BCUT2D eigenvalue weighted by atomic mass is 16.7. The fraction of sp³-hybridized carbons (Fsp3) is 0.571. The molecule has 3 heteroatoms. The van der Waals surface area contributed by atoms with Crippen molar-refractivity contribution < 1.29 is 9.47 Å². The summed E-state index contributed by atoms with van der Waals surface area (Å²) in [4.78, 5) is 0. The molecule has 1 unspecified atom stereocenters. The molecular formula is C14H23NO2. The zero-order chi connectivity index (χ0) is 12.8. The molecule has 17 heavy (non-hydrogen) atoms. The Bertz CT molecular complexity index is 319. The Labute approximate surface area is 104 Å². The van der Waals surface area contributed by atoms with Crippen molar-refractivity contribution in [1.82, 2.24) is 5.32 Å². The summed E-state index contributed by atoms with van der Waals surface area (Å²) in [6, 6.07) is 8.97. The van der Waals surface area contributed by atoms with Gasteiger partial charge >= 0.3 is 0 Å².